The van der Waals surface area contributed by atoms with Gasteiger partial charge < -0.3 is 5.32 Å². The molecule has 0 amide bonds. The minimum atomic E-state index is -0.0941. The van der Waals surface area contributed by atoms with Crippen LogP contribution < -0.4 is 5.32 Å². The van der Waals surface area contributed by atoms with Gasteiger partial charge in [0.05, 0.1) is 0 Å². The monoisotopic (exact) mass is 237 g/mol. The van der Waals surface area contributed by atoms with Crippen molar-refractivity contribution in [3.05, 3.63) is 34.6 Å². The first-order chi connectivity index (χ1) is 7.77. The van der Waals surface area contributed by atoms with Gasteiger partial charge in [-0.15, -0.1) is 0 Å². The topological polar surface area (TPSA) is 12.0 Å². The molecule has 1 aromatic rings. The van der Waals surface area contributed by atoms with Gasteiger partial charge in [-0.3, -0.25) is 0 Å². The summed E-state index contributed by atoms with van der Waals surface area (Å²) in [5.41, 5.74) is 2.82. The van der Waals surface area contributed by atoms with Crippen molar-refractivity contribution in [2.75, 3.05) is 6.54 Å². The van der Waals surface area contributed by atoms with Crippen LogP contribution in [-0.2, 0) is 0 Å². The van der Waals surface area contributed by atoms with Crippen molar-refractivity contribution in [3.63, 3.8) is 0 Å². The smallest absolute Gasteiger partial charge is 0.128 e. The lowest BCUT2D eigenvalue weighted by molar-refractivity contribution is 0.269. The summed E-state index contributed by atoms with van der Waals surface area (Å²) in [6.45, 7) is 13.2. The second kappa shape index (κ2) is 5.18. The Morgan fingerprint density at radius 2 is 1.82 bits per heavy atom. The Balaban J connectivity index is 3.28. The summed E-state index contributed by atoms with van der Waals surface area (Å²) in [4.78, 5) is 0. The SMILES string of the molecule is CCNC(c1c(C)cc(C)cc1F)C(C)(C)C. The number of hydrogen-bond donors (Lipinski definition) is 1. The maximum Gasteiger partial charge on any atom is 0.128 e. The molecule has 0 saturated carbocycles. The zero-order valence-corrected chi connectivity index (χ0v) is 11.8. The van der Waals surface area contributed by atoms with E-state index in [-0.39, 0.29) is 17.3 Å². The van der Waals surface area contributed by atoms with Crippen LogP contribution in [0.25, 0.3) is 0 Å². The molecule has 0 heterocycles. The van der Waals surface area contributed by atoms with Gasteiger partial charge in [-0.1, -0.05) is 33.8 Å². The summed E-state index contributed by atoms with van der Waals surface area (Å²) in [7, 11) is 0. The van der Waals surface area contributed by atoms with Crippen LogP contribution in [0.15, 0.2) is 12.1 Å². The van der Waals surface area contributed by atoms with Gasteiger partial charge >= 0.3 is 0 Å². The maximum absolute atomic E-state index is 14.2. The number of nitrogens with one attached hydrogen (secondary N) is 1. The maximum atomic E-state index is 14.2. The summed E-state index contributed by atoms with van der Waals surface area (Å²) in [5.74, 6) is -0.0941. The van der Waals surface area contributed by atoms with E-state index in [1.807, 2.05) is 13.8 Å². The molecule has 0 aromatic heterocycles. The first-order valence-electron chi connectivity index (χ1n) is 6.27. The lowest BCUT2D eigenvalue weighted by Gasteiger charge is -2.33. The summed E-state index contributed by atoms with van der Waals surface area (Å²) in [5, 5.41) is 3.40. The van der Waals surface area contributed by atoms with Gasteiger partial charge in [-0.05, 0) is 43.0 Å². The van der Waals surface area contributed by atoms with Crippen molar-refractivity contribution >= 4 is 0 Å². The largest absolute Gasteiger partial charge is 0.310 e. The molecular formula is C15H24FN. The van der Waals surface area contributed by atoms with Gasteiger partial charge in [-0.25, -0.2) is 4.39 Å². The molecule has 0 bridgehead atoms. The molecule has 0 aliphatic heterocycles. The fraction of sp³-hybridized carbons (Fsp3) is 0.600. The lowest BCUT2D eigenvalue weighted by Crippen LogP contribution is -2.33. The first-order valence-corrected chi connectivity index (χ1v) is 6.27. The third kappa shape index (κ3) is 3.29. The Morgan fingerprint density at radius 3 is 2.24 bits per heavy atom. The molecule has 1 unspecified atom stereocenters. The minimum Gasteiger partial charge on any atom is -0.310 e. The van der Waals surface area contributed by atoms with Crippen LogP contribution in [0, 0.1) is 25.1 Å². The highest BCUT2D eigenvalue weighted by Gasteiger charge is 2.29. The highest BCUT2D eigenvalue weighted by molar-refractivity contribution is 5.35. The molecule has 96 valence electrons. The minimum absolute atomic E-state index is 0.00311. The van der Waals surface area contributed by atoms with Crippen LogP contribution in [0.2, 0.25) is 0 Å². The van der Waals surface area contributed by atoms with E-state index in [1.54, 1.807) is 6.07 Å². The van der Waals surface area contributed by atoms with E-state index < -0.39 is 0 Å². The third-order valence-electron chi connectivity index (χ3n) is 3.04. The third-order valence-corrected chi connectivity index (χ3v) is 3.04. The van der Waals surface area contributed by atoms with Crippen LogP contribution in [0.1, 0.15) is 50.4 Å². The number of hydrogen-bond acceptors (Lipinski definition) is 1. The van der Waals surface area contributed by atoms with Crippen molar-refractivity contribution in [3.8, 4) is 0 Å². The first kappa shape index (κ1) is 14.2. The molecule has 0 aliphatic carbocycles. The van der Waals surface area contributed by atoms with E-state index in [0.717, 1.165) is 23.2 Å². The highest BCUT2D eigenvalue weighted by Crippen LogP contribution is 2.36. The Bertz CT molecular complexity index is 367. The Hall–Kier alpha value is -0.890. The van der Waals surface area contributed by atoms with Gasteiger partial charge in [-0.2, -0.15) is 0 Å². The van der Waals surface area contributed by atoms with Crippen molar-refractivity contribution in [1.82, 2.24) is 5.32 Å². The van der Waals surface area contributed by atoms with Crippen molar-refractivity contribution in [2.45, 2.75) is 47.6 Å². The van der Waals surface area contributed by atoms with Crippen LogP contribution in [0.4, 0.5) is 4.39 Å². The number of rotatable bonds is 3. The Morgan fingerprint density at radius 1 is 1.24 bits per heavy atom. The van der Waals surface area contributed by atoms with Gasteiger partial charge in [0.1, 0.15) is 5.82 Å². The Kier molecular flexibility index (Phi) is 4.31. The molecule has 1 nitrogen and oxygen atoms in total. The van der Waals surface area contributed by atoms with E-state index >= 15 is 0 Å². The van der Waals surface area contributed by atoms with Crippen molar-refractivity contribution in [1.29, 1.82) is 0 Å². The average molecular weight is 237 g/mol. The molecule has 1 atom stereocenters. The molecule has 0 fully saturated rings. The number of aryl methyl sites for hydroxylation is 2. The van der Waals surface area contributed by atoms with E-state index in [4.69, 9.17) is 0 Å². The molecule has 17 heavy (non-hydrogen) atoms. The summed E-state index contributed by atoms with van der Waals surface area (Å²) < 4.78 is 14.2. The quantitative estimate of drug-likeness (QED) is 0.833. The second-order valence-electron chi connectivity index (χ2n) is 5.83. The van der Waals surface area contributed by atoms with Gasteiger partial charge in [0.25, 0.3) is 0 Å². The highest BCUT2D eigenvalue weighted by atomic mass is 19.1. The van der Waals surface area contributed by atoms with Crippen LogP contribution in [0.5, 0.6) is 0 Å². The molecule has 1 N–H and O–H groups in total. The van der Waals surface area contributed by atoms with E-state index in [1.165, 1.54) is 0 Å². The van der Waals surface area contributed by atoms with Crippen molar-refractivity contribution in [2.24, 2.45) is 5.41 Å². The van der Waals surface area contributed by atoms with Gasteiger partial charge in [0, 0.05) is 11.6 Å². The van der Waals surface area contributed by atoms with E-state index in [0.29, 0.717) is 0 Å². The number of benzene rings is 1. The molecule has 0 saturated heterocycles. The second-order valence-corrected chi connectivity index (χ2v) is 5.83. The average Bonchev–Trinajstić information content (AvgIpc) is 2.13. The molecule has 0 radical (unpaired) electrons. The fourth-order valence-electron chi connectivity index (χ4n) is 2.34. The normalized spacial score (nSPS) is 13.8. The zero-order chi connectivity index (χ0) is 13.2. The Labute approximate surface area is 104 Å². The van der Waals surface area contributed by atoms with Crippen molar-refractivity contribution < 1.29 is 4.39 Å². The predicted molar refractivity (Wildman–Crippen MR) is 71.7 cm³/mol. The van der Waals surface area contributed by atoms with Gasteiger partial charge in [0.15, 0.2) is 0 Å². The molecule has 0 aliphatic rings. The number of halogens is 1. The molecule has 1 rings (SSSR count). The predicted octanol–water partition coefficient (Wildman–Crippen LogP) is 4.14. The van der Waals surface area contributed by atoms with E-state index in [9.17, 15) is 4.39 Å². The molecule has 0 spiro atoms. The summed E-state index contributed by atoms with van der Waals surface area (Å²) in [6, 6.07) is 3.72. The van der Waals surface area contributed by atoms with Crippen LogP contribution in [0.3, 0.4) is 0 Å². The molecule has 2 heteroatoms. The van der Waals surface area contributed by atoms with E-state index in [2.05, 4.69) is 39.1 Å². The van der Waals surface area contributed by atoms with Crippen LogP contribution >= 0.6 is 0 Å². The lowest BCUT2D eigenvalue weighted by atomic mass is 9.80. The summed E-state index contributed by atoms with van der Waals surface area (Å²) in [6.07, 6.45) is 0. The van der Waals surface area contributed by atoms with Gasteiger partial charge in [0.2, 0.25) is 0 Å². The standard InChI is InChI=1S/C15H24FN/c1-7-17-14(15(4,5)6)13-11(3)8-10(2)9-12(13)16/h8-9,14,17H,7H2,1-6H3. The summed E-state index contributed by atoms with van der Waals surface area (Å²) >= 11 is 0. The molecule has 1 aromatic carbocycles. The zero-order valence-electron chi connectivity index (χ0n) is 11.8. The fourth-order valence-corrected chi connectivity index (χ4v) is 2.34. The van der Waals surface area contributed by atoms with Crippen LogP contribution in [-0.4, -0.2) is 6.54 Å². The molecular weight excluding hydrogens is 213 g/mol.